The Morgan fingerprint density at radius 1 is 0.369 bits per heavy atom. The summed E-state index contributed by atoms with van der Waals surface area (Å²) in [6, 6.07) is 88.3. The van der Waals surface area contributed by atoms with E-state index in [2.05, 4.69) is 247 Å². The molecule has 0 saturated heterocycles. The van der Waals surface area contributed by atoms with Gasteiger partial charge in [-0.1, -0.05) is 194 Å². The lowest BCUT2D eigenvalue weighted by atomic mass is 9.50. The fourth-order valence-electron chi connectivity index (χ4n) is 10.8. The first-order valence-electron chi connectivity index (χ1n) is 22.4. The zero-order valence-corrected chi connectivity index (χ0v) is 36.4. The van der Waals surface area contributed by atoms with Crippen molar-refractivity contribution in [2.45, 2.75) is 0 Å². The third-order valence-electron chi connectivity index (χ3n) is 13.6. The van der Waals surface area contributed by atoms with E-state index >= 15 is 0 Å². The molecule has 10 aromatic carbocycles. The molecule has 0 amide bonds. The number of hydrogen-bond acceptors (Lipinski definition) is 2. The Hall–Kier alpha value is -8.12. The van der Waals surface area contributed by atoms with Gasteiger partial charge in [0.15, 0.2) is 8.07 Å². The van der Waals surface area contributed by atoms with E-state index in [9.17, 15) is 0 Å². The molecule has 0 radical (unpaired) electrons. The van der Waals surface area contributed by atoms with Crippen molar-refractivity contribution in [1.29, 1.82) is 0 Å². The van der Waals surface area contributed by atoms with Gasteiger partial charge in [-0.25, -0.2) is 0 Å². The average molecular weight is 846 g/mol. The Bertz CT molecular complexity index is 3460. The number of ether oxygens (including phenoxy) is 1. The second-order valence-electron chi connectivity index (χ2n) is 17.1. The highest BCUT2D eigenvalue weighted by Crippen LogP contribution is 2.42. The van der Waals surface area contributed by atoms with E-state index in [1.807, 2.05) is 0 Å². The molecule has 304 valence electrons. The van der Waals surface area contributed by atoms with Crippen LogP contribution in [-0.4, -0.2) is 19.6 Å². The molecule has 3 heterocycles. The number of fused-ring (bicyclic) bond motifs is 7. The van der Waals surface area contributed by atoms with E-state index < -0.39 is 8.07 Å². The Morgan fingerprint density at radius 2 is 0.892 bits per heavy atom. The SMILES string of the molecule is c1ccc([Si](c2ccccc2)(c2ccccc2)c2ccccc2-c2ccc3c(c2)Oc2cc(-c4ccc(-n5c6ccccc6c6ccccc65)cc4)cc4c2B3Oc2ccccc2-4)cc1. The van der Waals surface area contributed by atoms with Gasteiger partial charge in [0.2, 0.25) is 0 Å². The van der Waals surface area contributed by atoms with E-state index in [0.717, 1.165) is 61.7 Å². The summed E-state index contributed by atoms with van der Waals surface area (Å²) >= 11 is 0. The highest BCUT2D eigenvalue weighted by atomic mass is 28.3. The molecule has 0 unspecified atom stereocenters. The summed E-state index contributed by atoms with van der Waals surface area (Å²) in [5.41, 5.74) is 12.3. The molecule has 0 atom stereocenters. The van der Waals surface area contributed by atoms with Crippen molar-refractivity contribution < 1.29 is 9.39 Å². The first-order chi connectivity index (χ1) is 32.2. The van der Waals surface area contributed by atoms with Crippen LogP contribution in [0.5, 0.6) is 17.2 Å². The van der Waals surface area contributed by atoms with E-state index in [1.54, 1.807) is 0 Å². The highest BCUT2D eigenvalue weighted by molar-refractivity contribution is 7.20. The minimum absolute atomic E-state index is 0.318. The van der Waals surface area contributed by atoms with Crippen LogP contribution in [0.2, 0.25) is 0 Å². The molecular formula is C60H40BNO2Si. The molecule has 65 heavy (non-hydrogen) atoms. The topological polar surface area (TPSA) is 23.4 Å². The number of rotatable bonds is 7. The number of hydrogen-bond donors (Lipinski definition) is 0. The van der Waals surface area contributed by atoms with Crippen molar-refractivity contribution in [1.82, 2.24) is 4.57 Å². The molecule has 3 nitrogen and oxygen atoms in total. The van der Waals surface area contributed by atoms with Crippen LogP contribution >= 0.6 is 0 Å². The quantitative estimate of drug-likeness (QED) is 0.118. The summed E-state index contributed by atoms with van der Waals surface area (Å²) in [5.74, 6) is 2.51. The van der Waals surface area contributed by atoms with Gasteiger partial charge >= 0.3 is 6.92 Å². The summed E-state index contributed by atoms with van der Waals surface area (Å²) in [4.78, 5) is 0. The van der Waals surface area contributed by atoms with Gasteiger partial charge < -0.3 is 14.0 Å². The van der Waals surface area contributed by atoms with Crippen molar-refractivity contribution >= 4 is 68.5 Å². The van der Waals surface area contributed by atoms with Gasteiger partial charge in [0.05, 0.1) is 11.0 Å². The third-order valence-corrected chi connectivity index (χ3v) is 18.5. The lowest BCUT2D eigenvalue weighted by Crippen LogP contribution is -2.75. The first-order valence-corrected chi connectivity index (χ1v) is 24.4. The molecule has 0 saturated carbocycles. The summed E-state index contributed by atoms with van der Waals surface area (Å²) in [6.07, 6.45) is 0. The van der Waals surface area contributed by atoms with Crippen molar-refractivity contribution in [2.24, 2.45) is 0 Å². The van der Waals surface area contributed by atoms with Gasteiger partial charge in [-0.05, 0) is 97.1 Å². The fourth-order valence-corrected chi connectivity index (χ4v) is 15.8. The fraction of sp³-hybridized carbons (Fsp3) is 0. The molecule has 0 spiro atoms. The van der Waals surface area contributed by atoms with Crippen molar-refractivity contribution in [3.63, 3.8) is 0 Å². The summed E-state index contributed by atoms with van der Waals surface area (Å²) in [5, 5.41) is 7.86. The summed E-state index contributed by atoms with van der Waals surface area (Å²) < 4.78 is 16.5. The minimum Gasteiger partial charge on any atom is -0.551 e. The van der Waals surface area contributed by atoms with E-state index in [0.29, 0.717) is 0 Å². The molecule has 0 aliphatic carbocycles. The Labute approximate surface area is 379 Å². The monoisotopic (exact) mass is 845 g/mol. The van der Waals surface area contributed by atoms with Crippen LogP contribution in [0.25, 0.3) is 60.9 Å². The normalized spacial score (nSPS) is 12.5. The first kappa shape index (κ1) is 37.4. The maximum absolute atomic E-state index is 7.15. The molecule has 1 aromatic heterocycles. The van der Waals surface area contributed by atoms with Gasteiger partial charge in [-0.3, -0.25) is 0 Å². The summed E-state index contributed by atoms with van der Waals surface area (Å²) in [6.45, 7) is -0.318. The number of aromatic nitrogens is 1. The molecule has 0 fully saturated rings. The Morgan fingerprint density at radius 3 is 1.54 bits per heavy atom. The predicted molar refractivity (Wildman–Crippen MR) is 273 cm³/mol. The molecule has 0 N–H and O–H groups in total. The van der Waals surface area contributed by atoms with E-state index in [4.69, 9.17) is 9.39 Å². The minimum atomic E-state index is -2.84. The van der Waals surface area contributed by atoms with Crippen LogP contribution in [-0.2, 0) is 0 Å². The van der Waals surface area contributed by atoms with Crippen LogP contribution in [0.4, 0.5) is 0 Å². The maximum atomic E-state index is 7.15. The molecule has 0 bridgehead atoms. The van der Waals surface area contributed by atoms with Crippen LogP contribution in [0.15, 0.2) is 243 Å². The van der Waals surface area contributed by atoms with Crippen LogP contribution in [0.3, 0.4) is 0 Å². The van der Waals surface area contributed by atoms with Gasteiger partial charge in [-0.15, -0.1) is 0 Å². The van der Waals surface area contributed by atoms with Crippen LogP contribution < -0.4 is 41.1 Å². The molecular weight excluding hydrogens is 806 g/mol. The summed E-state index contributed by atoms with van der Waals surface area (Å²) in [7, 11) is -2.84. The largest absolute Gasteiger partial charge is 0.551 e. The number of nitrogens with zero attached hydrogens (tertiary/aromatic N) is 1. The lowest BCUT2D eigenvalue weighted by Gasteiger charge is -2.36. The molecule has 11 aromatic rings. The second-order valence-corrected chi connectivity index (χ2v) is 20.9. The Balaban J connectivity index is 0.952. The van der Waals surface area contributed by atoms with Crippen molar-refractivity contribution in [2.75, 3.05) is 0 Å². The number of para-hydroxylation sites is 3. The molecule has 5 heteroatoms. The van der Waals surface area contributed by atoms with Gasteiger partial charge in [-0.2, -0.15) is 0 Å². The molecule has 2 aliphatic rings. The van der Waals surface area contributed by atoms with E-state index in [1.165, 1.54) is 48.1 Å². The second kappa shape index (κ2) is 15.0. The van der Waals surface area contributed by atoms with Crippen LogP contribution in [0.1, 0.15) is 0 Å². The molecule has 2 aliphatic heterocycles. The van der Waals surface area contributed by atoms with Gasteiger partial charge in [0.1, 0.15) is 17.2 Å². The molecule has 13 rings (SSSR count). The zero-order chi connectivity index (χ0) is 42.9. The van der Waals surface area contributed by atoms with Crippen molar-refractivity contribution in [3.05, 3.63) is 243 Å². The maximum Gasteiger partial charge on any atom is 0.434 e. The lowest BCUT2D eigenvalue weighted by molar-refractivity contribution is 0.480. The number of benzene rings is 10. The van der Waals surface area contributed by atoms with Crippen LogP contribution in [0, 0.1) is 0 Å². The van der Waals surface area contributed by atoms with E-state index in [-0.39, 0.29) is 6.92 Å². The standard InChI is InChI=1S/C60H40BNO2Si/c1-4-18-45(19-5-1)65(46-20-6-2-7-21-46,47-22-8-3-9-23-47)59-31-17-13-24-48(59)42-34-37-53-57(39-42)63-58-40-43(38-52-51-27-12-16-30-56(51)64-61(53)60(52)58)41-32-35-44(36-33-41)62-54-28-14-10-25-49(54)50-26-11-15-29-55(50)62/h1-40H. The average Bonchev–Trinajstić information content (AvgIpc) is 3.72. The third kappa shape index (κ3) is 5.83. The van der Waals surface area contributed by atoms with Gasteiger partial charge in [0, 0.05) is 32.9 Å². The zero-order valence-electron chi connectivity index (χ0n) is 35.4. The smallest absolute Gasteiger partial charge is 0.434 e. The van der Waals surface area contributed by atoms with Crippen molar-refractivity contribution in [3.8, 4) is 56.3 Å². The predicted octanol–water partition coefficient (Wildman–Crippen LogP) is 10.8. The Kier molecular flexibility index (Phi) is 8.65. The van der Waals surface area contributed by atoms with Gasteiger partial charge in [0.25, 0.3) is 0 Å². The highest BCUT2D eigenvalue weighted by Gasteiger charge is 2.44.